The van der Waals surface area contributed by atoms with Gasteiger partial charge in [-0.2, -0.15) is 0 Å². The number of rotatable bonds is 5. The molecular formula is C14H27ClN2O3S. The molecule has 0 aromatic rings. The summed E-state index contributed by atoms with van der Waals surface area (Å²) in [5.41, 5.74) is 0. The van der Waals surface area contributed by atoms with Crippen LogP contribution >= 0.6 is 12.4 Å². The summed E-state index contributed by atoms with van der Waals surface area (Å²) in [6.07, 6.45) is 7.57. The Morgan fingerprint density at radius 3 is 2.62 bits per heavy atom. The molecule has 7 heteroatoms. The second-order valence-corrected chi connectivity index (χ2v) is 8.69. The van der Waals surface area contributed by atoms with Gasteiger partial charge in [0, 0.05) is 18.3 Å². The van der Waals surface area contributed by atoms with Crippen LogP contribution in [0.15, 0.2) is 0 Å². The molecule has 2 N–H and O–H groups in total. The number of amides is 1. The van der Waals surface area contributed by atoms with Crippen LogP contribution < -0.4 is 10.6 Å². The molecule has 21 heavy (non-hydrogen) atoms. The minimum absolute atomic E-state index is 0. The van der Waals surface area contributed by atoms with Crippen molar-refractivity contribution in [3.8, 4) is 0 Å². The Kier molecular flexibility index (Phi) is 6.94. The van der Waals surface area contributed by atoms with Crippen LogP contribution in [0.5, 0.6) is 0 Å². The number of hydrogen-bond acceptors (Lipinski definition) is 4. The summed E-state index contributed by atoms with van der Waals surface area (Å²) >= 11 is 0. The van der Waals surface area contributed by atoms with Gasteiger partial charge in [0.1, 0.15) is 9.84 Å². The number of nitrogens with one attached hydrogen (secondary N) is 2. The molecule has 0 aromatic heterocycles. The summed E-state index contributed by atoms with van der Waals surface area (Å²) in [5.74, 6) is 0.795. The topological polar surface area (TPSA) is 75.3 Å². The molecule has 2 aliphatic rings. The van der Waals surface area contributed by atoms with Crippen molar-refractivity contribution in [2.24, 2.45) is 5.92 Å². The minimum atomic E-state index is -2.96. The Morgan fingerprint density at radius 2 is 2.00 bits per heavy atom. The first-order valence-electron chi connectivity index (χ1n) is 7.59. The van der Waals surface area contributed by atoms with E-state index in [2.05, 4.69) is 10.6 Å². The molecule has 0 aromatic carbocycles. The molecule has 0 spiro atoms. The fraction of sp³-hybridized carbons (Fsp3) is 0.929. The molecule has 1 saturated heterocycles. The van der Waals surface area contributed by atoms with Gasteiger partial charge in [-0.1, -0.05) is 12.8 Å². The van der Waals surface area contributed by atoms with Gasteiger partial charge < -0.3 is 10.6 Å². The Hall–Kier alpha value is -0.330. The Bertz CT molecular complexity index is 441. The zero-order chi connectivity index (χ0) is 14.8. The number of sulfone groups is 1. The molecule has 1 amide bonds. The normalized spacial score (nSPS) is 30.1. The fourth-order valence-corrected chi connectivity index (χ4v) is 4.11. The quantitative estimate of drug-likeness (QED) is 0.791. The van der Waals surface area contributed by atoms with E-state index in [-0.39, 0.29) is 36.2 Å². The van der Waals surface area contributed by atoms with E-state index in [1.165, 1.54) is 31.9 Å². The number of carbonyl (C=O) groups is 1. The SMILES string of the molecule is CC(CCS(C)(=O)=O)NC(=O)C1CC2CCCCC2N1.Cl. The summed E-state index contributed by atoms with van der Waals surface area (Å²) in [6, 6.07) is 0.316. The maximum atomic E-state index is 12.2. The Labute approximate surface area is 134 Å². The smallest absolute Gasteiger partial charge is 0.237 e. The summed E-state index contributed by atoms with van der Waals surface area (Å²) < 4.78 is 22.2. The molecule has 0 bridgehead atoms. The van der Waals surface area contributed by atoms with Gasteiger partial charge in [-0.25, -0.2) is 8.42 Å². The van der Waals surface area contributed by atoms with Crippen LogP contribution in [-0.2, 0) is 14.6 Å². The molecule has 2 fully saturated rings. The summed E-state index contributed by atoms with van der Waals surface area (Å²) in [5, 5.41) is 6.38. The van der Waals surface area contributed by atoms with Crippen LogP contribution in [0.1, 0.15) is 45.4 Å². The first-order valence-corrected chi connectivity index (χ1v) is 9.65. The highest BCUT2D eigenvalue weighted by molar-refractivity contribution is 7.90. The van der Waals surface area contributed by atoms with Crippen LogP contribution in [0.25, 0.3) is 0 Å². The average molecular weight is 339 g/mol. The fourth-order valence-electron chi connectivity index (χ4n) is 3.33. The molecule has 1 aliphatic carbocycles. The van der Waals surface area contributed by atoms with Crippen LogP contribution in [0.4, 0.5) is 0 Å². The van der Waals surface area contributed by atoms with Crippen LogP contribution in [0.2, 0.25) is 0 Å². The first-order chi connectivity index (χ1) is 9.35. The summed E-state index contributed by atoms with van der Waals surface area (Å²) in [6.45, 7) is 1.87. The maximum Gasteiger partial charge on any atom is 0.237 e. The van der Waals surface area contributed by atoms with Crippen molar-refractivity contribution in [2.45, 2.75) is 63.6 Å². The number of hydrogen-bond donors (Lipinski definition) is 2. The van der Waals surface area contributed by atoms with Gasteiger partial charge in [-0.3, -0.25) is 4.79 Å². The molecule has 5 nitrogen and oxygen atoms in total. The lowest BCUT2D eigenvalue weighted by Gasteiger charge is -2.24. The van der Waals surface area contributed by atoms with E-state index in [1.807, 2.05) is 6.92 Å². The lowest BCUT2D eigenvalue weighted by atomic mass is 9.85. The van der Waals surface area contributed by atoms with Gasteiger partial charge in [0.25, 0.3) is 0 Å². The Balaban J connectivity index is 0.00000220. The predicted octanol–water partition coefficient (Wildman–Crippen LogP) is 1.27. The molecule has 1 heterocycles. The molecule has 0 radical (unpaired) electrons. The zero-order valence-electron chi connectivity index (χ0n) is 12.8. The zero-order valence-corrected chi connectivity index (χ0v) is 14.4. The largest absolute Gasteiger partial charge is 0.352 e. The van der Waals surface area contributed by atoms with Gasteiger partial charge in [0.2, 0.25) is 5.91 Å². The third-order valence-corrected chi connectivity index (χ3v) is 5.47. The number of carbonyl (C=O) groups excluding carboxylic acids is 1. The van der Waals surface area contributed by atoms with Gasteiger partial charge in [0.15, 0.2) is 0 Å². The molecular weight excluding hydrogens is 312 g/mol. The van der Waals surface area contributed by atoms with Crippen molar-refractivity contribution in [3.63, 3.8) is 0 Å². The lowest BCUT2D eigenvalue weighted by molar-refractivity contribution is -0.123. The van der Waals surface area contributed by atoms with Crippen molar-refractivity contribution >= 4 is 28.2 Å². The highest BCUT2D eigenvalue weighted by atomic mass is 35.5. The van der Waals surface area contributed by atoms with Crippen molar-refractivity contribution in [2.75, 3.05) is 12.0 Å². The van der Waals surface area contributed by atoms with Crippen molar-refractivity contribution in [1.29, 1.82) is 0 Å². The van der Waals surface area contributed by atoms with Crippen LogP contribution in [-0.4, -0.2) is 44.5 Å². The molecule has 1 aliphatic heterocycles. The van der Waals surface area contributed by atoms with E-state index in [0.717, 1.165) is 6.42 Å². The molecule has 1 saturated carbocycles. The summed E-state index contributed by atoms with van der Waals surface area (Å²) in [7, 11) is -2.96. The number of fused-ring (bicyclic) bond motifs is 1. The average Bonchev–Trinajstić information content (AvgIpc) is 2.79. The maximum absolute atomic E-state index is 12.2. The third kappa shape index (κ3) is 5.75. The van der Waals surface area contributed by atoms with Crippen molar-refractivity contribution in [1.82, 2.24) is 10.6 Å². The van der Waals surface area contributed by atoms with Crippen molar-refractivity contribution < 1.29 is 13.2 Å². The highest BCUT2D eigenvalue weighted by Gasteiger charge is 2.38. The van der Waals surface area contributed by atoms with Crippen LogP contribution in [0.3, 0.4) is 0 Å². The van der Waals surface area contributed by atoms with Crippen molar-refractivity contribution in [3.05, 3.63) is 0 Å². The lowest BCUT2D eigenvalue weighted by Crippen LogP contribution is -2.46. The third-order valence-electron chi connectivity index (χ3n) is 4.49. The van der Waals surface area contributed by atoms with E-state index in [0.29, 0.717) is 18.4 Å². The van der Waals surface area contributed by atoms with E-state index in [4.69, 9.17) is 0 Å². The van der Waals surface area contributed by atoms with Gasteiger partial charge in [-0.15, -0.1) is 12.4 Å². The summed E-state index contributed by atoms with van der Waals surface area (Å²) in [4.78, 5) is 12.2. The van der Waals surface area contributed by atoms with E-state index in [1.54, 1.807) is 0 Å². The second kappa shape index (κ2) is 7.79. The standard InChI is InChI=1S/C14H26N2O3S.ClH/c1-10(7-8-20(2,18)19)15-14(17)13-9-11-5-3-4-6-12(11)16-13;/h10-13,16H,3-9H2,1-2H3,(H,15,17);1H. The first kappa shape index (κ1) is 18.7. The van der Waals surface area contributed by atoms with Gasteiger partial charge in [-0.05, 0) is 38.5 Å². The van der Waals surface area contributed by atoms with Crippen LogP contribution in [0, 0.1) is 5.92 Å². The monoisotopic (exact) mass is 338 g/mol. The highest BCUT2D eigenvalue weighted by Crippen LogP contribution is 2.33. The molecule has 124 valence electrons. The van der Waals surface area contributed by atoms with E-state index < -0.39 is 9.84 Å². The molecule has 4 atom stereocenters. The second-order valence-electron chi connectivity index (χ2n) is 6.43. The van der Waals surface area contributed by atoms with E-state index >= 15 is 0 Å². The minimum Gasteiger partial charge on any atom is -0.352 e. The van der Waals surface area contributed by atoms with Gasteiger partial charge in [0.05, 0.1) is 11.8 Å². The molecule has 4 unspecified atom stereocenters. The van der Waals surface area contributed by atoms with E-state index in [9.17, 15) is 13.2 Å². The predicted molar refractivity (Wildman–Crippen MR) is 86.5 cm³/mol. The van der Waals surface area contributed by atoms with Gasteiger partial charge >= 0.3 is 0 Å². The number of halogens is 1. The molecule has 2 rings (SSSR count). The Morgan fingerprint density at radius 1 is 1.33 bits per heavy atom.